The van der Waals surface area contributed by atoms with Crippen LogP contribution in [0.4, 0.5) is 0 Å². The smallest absolute Gasteiger partial charge is 0.191 e. The van der Waals surface area contributed by atoms with Gasteiger partial charge in [-0.1, -0.05) is 30.7 Å². The molecule has 2 aromatic rings. The predicted octanol–water partition coefficient (Wildman–Crippen LogP) is 3.56. The van der Waals surface area contributed by atoms with E-state index in [4.69, 9.17) is 4.99 Å². The standard InChI is InChI=1S/C22H34N6/c1-4-23-22(25-18(3)19-12-8-7-11-17(19)2)24-15-10-14-21-27-26-20-13-6-5-9-16-28(20)21/h7-8,11-12,18H,4-6,9-10,13-16H2,1-3H3,(H2,23,24,25). The molecule has 0 saturated carbocycles. The number of aryl methyl sites for hydroxylation is 3. The molecule has 0 amide bonds. The highest BCUT2D eigenvalue weighted by Crippen LogP contribution is 2.17. The van der Waals surface area contributed by atoms with Crippen molar-refractivity contribution in [1.82, 2.24) is 25.4 Å². The van der Waals surface area contributed by atoms with Crippen LogP contribution < -0.4 is 10.6 Å². The third-order valence-electron chi connectivity index (χ3n) is 5.37. The molecule has 0 spiro atoms. The van der Waals surface area contributed by atoms with Gasteiger partial charge in [0.25, 0.3) is 0 Å². The Morgan fingerprint density at radius 2 is 2.07 bits per heavy atom. The molecule has 1 atom stereocenters. The summed E-state index contributed by atoms with van der Waals surface area (Å²) in [5.74, 6) is 3.16. The molecule has 0 saturated heterocycles. The third kappa shape index (κ3) is 5.33. The fraction of sp³-hybridized carbons (Fsp3) is 0.591. The molecule has 6 nitrogen and oxygen atoms in total. The molecule has 1 unspecified atom stereocenters. The van der Waals surface area contributed by atoms with Crippen LogP contribution in [0.3, 0.4) is 0 Å². The number of hydrogen-bond acceptors (Lipinski definition) is 3. The molecule has 3 rings (SSSR count). The van der Waals surface area contributed by atoms with Crippen molar-refractivity contribution in [1.29, 1.82) is 0 Å². The fourth-order valence-corrected chi connectivity index (χ4v) is 3.83. The molecule has 152 valence electrons. The van der Waals surface area contributed by atoms with E-state index in [1.54, 1.807) is 0 Å². The third-order valence-corrected chi connectivity index (χ3v) is 5.37. The van der Waals surface area contributed by atoms with E-state index in [-0.39, 0.29) is 6.04 Å². The van der Waals surface area contributed by atoms with Crippen molar-refractivity contribution >= 4 is 5.96 Å². The summed E-state index contributed by atoms with van der Waals surface area (Å²) in [7, 11) is 0. The predicted molar refractivity (Wildman–Crippen MR) is 115 cm³/mol. The molecule has 28 heavy (non-hydrogen) atoms. The lowest BCUT2D eigenvalue weighted by molar-refractivity contribution is 0.597. The number of benzene rings is 1. The van der Waals surface area contributed by atoms with E-state index in [0.717, 1.165) is 56.5 Å². The molecule has 1 aliphatic rings. The number of rotatable bonds is 7. The van der Waals surface area contributed by atoms with E-state index in [1.165, 1.54) is 30.4 Å². The zero-order chi connectivity index (χ0) is 19.8. The normalized spacial score (nSPS) is 15.6. The summed E-state index contributed by atoms with van der Waals surface area (Å²) in [5.41, 5.74) is 2.60. The molecule has 0 aliphatic carbocycles. The minimum Gasteiger partial charge on any atom is -0.357 e. The maximum absolute atomic E-state index is 4.78. The van der Waals surface area contributed by atoms with Crippen LogP contribution in [0.2, 0.25) is 0 Å². The monoisotopic (exact) mass is 382 g/mol. The summed E-state index contributed by atoms with van der Waals surface area (Å²) in [6.45, 7) is 9.13. The first kappa shape index (κ1) is 20.4. The summed E-state index contributed by atoms with van der Waals surface area (Å²) >= 11 is 0. The number of fused-ring (bicyclic) bond motifs is 1. The van der Waals surface area contributed by atoms with Crippen molar-refractivity contribution < 1.29 is 0 Å². The van der Waals surface area contributed by atoms with Gasteiger partial charge in [0.2, 0.25) is 0 Å². The first-order valence-electron chi connectivity index (χ1n) is 10.7. The Kier molecular flexibility index (Phi) is 7.46. The molecular weight excluding hydrogens is 348 g/mol. The second-order valence-corrected chi connectivity index (χ2v) is 7.58. The van der Waals surface area contributed by atoms with E-state index in [0.29, 0.717) is 0 Å². The molecule has 2 N–H and O–H groups in total. The number of nitrogens with zero attached hydrogens (tertiary/aromatic N) is 4. The Bertz CT molecular complexity index is 779. The maximum Gasteiger partial charge on any atom is 0.191 e. The zero-order valence-electron chi connectivity index (χ0n) is 17.5. The highest BCUT2D eigenvalue weighted by Gasteiger charge is 2.14. The highest BCUT2D eigenvalue weighted by atomic mass is 15.3. The number of aromatic nitrogens is 3. The number of nitrogens with one attached hydrogen (secondary N) is 2. The molecule has 0 bridgehead atoms. The van der Waals surface area contributed by atoms with Gasteiger partial charge in [0.15, 0.2) is 5.96 Å². The second kappa shape index (κ2) is 10.2. The Hall–Kier alpha value is -2.37. The van der Waals surface area contributed by atoms with Crippen molar-refractivity contribution in [3.05, 3.63) is 47.0 Å². The summed E-state index contributed by atoms with van der Waals surface area (Å²) in [6.07, 6.45) is 6.75. The summed E-state index contributed by atoms with van der Waals surface area (Å²) in [5, 5.41) is 15.7. The van der Waals surface area contributed by atoms with Crippen molar-refractivity contribution in [3.8, 4) is 0 Å². The largest absolute Gasteiger partial charge is 0.357 e. The first-order chi connectivity index (χ1) is 13.7. The average Bonchev–Trinajstić information content (AvgIpc) is 2.92. The minimum absolute atomic E-state index is 0.214. The van der Waals surface area contributed by atoms with Crippen LogP contribution in [-0.4, -0.2) is 33.8 Å². The van der Waals surface area contributed by atoms with Gasteiger partial charge in [0.05, 0.1) is 6.04 Å². The van der Waals surface area contributed by atoms with Crippen LogP contribution in [0.5, 0.6) is 0 Å². The molecule has 1 aromatic carbocycles. The number of guanidine groups is 1. The fourth-order valence-electron chi connectivity index (χ4n) is 3.83. The molecule has 0 radical (unpaired) electrons. The van der Waals surface area contributed by atoms with Crippen LogP contribution in [0.1, 0.15) is 68.3 Å². The molecule has 6 heteroatoms. The maximum atomic E-state index is 4.78. The zero-order valence-corrected chi connectivity index (χ0v) is 17.5. The number of hydrogen-bond donors (Lipinski definition) is 2. The molecule has 0 fully saturated rings. The van der Waals surface area contributed by atoms with Gasteiger partial charge in [-0.15, -0.1) is 10.2 Å². The van der Waals surface area contributed by atoms with Gasteiger partial charge < -0.3 is 15.2 Å². The Morgan fingerprint density at radius 3 is 2.89 bits per heavy atom. The van der Waals surface area contributed by atoms with Crippen LogP contribution >= 0.6 is 0 Å². The van der Waals surface area contributed by atoms with Gasteiger partial charge in [-0.2, -0.15) is 0 Å². The Balaban J connectivity index is 1.55. The van der Waals surface area contributed by atoms with Gasteiger partial charge >= 0.3 is 0 Å². The Labute approximate surface area is 168 Å². The van der Waals surface area contributed by atoms with Gasteiger partial charge in [-0.25, -0.2) is 0 Å². The topological polar surface area (TPSA) is 67.1 Å². The minimum atomic E-state index is 0.214. The van der Waals surface area contributed by atoms with E-state index < -0.39 is 0 Å². The lowest BCUT2D eigenvalue weighted by Crippen LogP contribution is -2.39. The lowest BCUT2D eigenvalue weighted by Gasteiger charge is -2.19. The van der Waals surface area contributed by atoms with E-state index in [1.807, 2.05) is 0 Å². The lowest BCUT2D eigenvalue weighted by atomic mass is 10.0. The van der Waals surface area contributed by atoms with Crippen molar-refractivity contribution in [2.45, 2.75) is 71.9 Å². The summed E-state index contributed by atoms with van der Waals surface area (Å²) in [6, 6.07) is 8.71. The van der Waals surface area contributed by atoms with Crippen LogP contribution in [0.15, 0.2) is 29.3 Å². The van der Waals surface area contributed by atoms with Gasteiger partial charge in [-0.05, 0) is 51.2 Å². The van der Waals surface area contributed by atoms with Gasteiger partial charge in [-0.3, -0.25) is 4.99 Å². The van der Waals surface area contributed by atoms with Gasteiger partial charge in [0.1, 0.15) is 11.6 Å². The van der Waals surface area contributed by atoms with E-state index in [9.17, 15) is 0 Å². The van der Waals surface area contributed by atoms with E-state index >= 15 is 0 Å². The molecule has 2 heterocycles. The second-order valence-electron chi connectivity index (χ2n) is 7.58. The summed E-state index contributed by atoms with van der Waals surface area (Å²) < 4.78 is 2.33. The van der Waals surface area contributed by atoms with Gasteiger partial charge in [0, 0.05) is 32.5 Å². The quantitative estimate of drug-likeness (QED) is 0.436. The van der Waals surface area contributed by atoms with Crippen LogP contribution in [0.25, 0.3) is 0 Å². The average molecular weight is 383 g/mol. The van der Waals surface area contributed by atoms with Crippen LogP contribution in [-0.2, 0) is 19.4 Å². The van der Waals surface area contributed by atoms with Crippen molar-refractivity contribution in [3.63, 3.8) is 0 Å². The highest BCUT2D eigenvalue weighted by molar-refractivity contribution is 5.80. The van der Waals surface area contributed by atoms with Crippen molar-refractivity contribution in [2.75, 3.05) is 13.1 Å². The molecule has 1 aromatic heterocycles. The molecule has 1 aliphatic heterocycles. The Morgan fingerprint density at radius 1 is 1.21 bits per heavy atom. The SMILES string of the molecule is CCNC(=NCCCc1nnc2n1CCCCC2)NC(C)c1ccccc1C. The number of aliphatic imine (C=N–C) groups is 1. The van der Waals surface area contributed by atoms with Crippen LogP contribution in [0, 0.1) is 6.92 Å². The van der Waals surface area contributed by atoms with E-state index in [2.05, 4.69) is 70.4 Å². The first-order valence-corrected chi connectivity index (χ1v) is 10.7. The molecular formula is C22H34N6. The van der Waals surface area contributed by atoms with Crippen molar-refractivity contribution in [2.24, 2.45) is 4.99 Å². The summed E-state index contributed by atoms with van der Waals surface area (Å²) in [4.78, 5) is 4.78.